The quantitative estimate of drug-likeness (QED) is 0.694. The van der Waals surface area contributed by atoms with Crippen molar-refractivity contribution in [3.63, 3.8) is 0 Å². The van der Waals surface area contributed by atoms with Crippen LogP contribution in [0.2, 0.25) is 0 Å². The largest absolute Gasteiger partial charge is 0.265 e. The minimum Gasteiger partial charge on any atom is -0.205 e. The standard InChI is InChI=1S/C12H7F2N/c13-12(14)11-6-9-4-2-1-3-8(9)5-10(11)7-15/h1-6,12H. The van der Waals surface area contributed by atoms with Crippen LogP contribution in [0.25, 0.3) is 10.8 Å². The average molecular weight is 203 g/mol. The van der Waals surface area contributed by atoms with Crippen LogP contribution in [-0.4, -0.2) is 0 Å². The maximum Gasteiger partial charge on any atom is 0.265 e. The van der Waals surface area contributed by atoms with Crippen molar-refractivity contribution < 1.29 is 8.78 Å². The van der Waals surface area contributed by atoms with Gasteiger partial charge >= 0.3 is 0 Å². The fourth-order valence-electron chi connectivity index (χ4n) is 1.54. The Bertz CT molecular complexity index is 541. The third kappa shape index (κ3) is 1.66. The van der Waals surface area contributed by atoms with Crippen LogP contribution in [0, 0.1) is 11.3 Å². The van der Waals surface area contributed by atoms with Crippen LogP contribution in [0.1, 0.15) is 17.6 Å². The van der Waals surface area contributed by atoms with E-state index in [1.54, 1.807) is 24.3 Å². The van der Waals surface area contributed by atoms with E-state index in [1.165, 1.54) is 12.1 Å². The summed E-state index contributed by atoms with van der Waals surface area (Å²) in [6.07, 6.45) is -2.61. The van der Waals surface area contributed by atoms with E-state index in [0.717, 1.165) is 10.8 Å². The Balaban J connectivity index is 2.76. The average Bonchev–Trinajstić information content (AvgIpc) is 2.27. The van der Waals surface area contributed by atoms with Crippen molar-refractivity contribution in [3.8, 4) is 6.07 Å². The van der Waals surface area contributed by atoms with Gasteiger partial charge in [0.05, 0.1) is 11.6 Å². The summed E-state index contributed by atoms with van der Waals surface area (Å²) in [5.41, 5.74) is -0.153. The number of rotatable bonds is 1. The van der Waals surface area contributed by atoms with E-state index in [4.69, 9.17) is 5.26 Å². The first-order valence-electron chi connectivity index (χ1n) is 4.43. The summed E-state index contributed by atoms with van der Waals surface area (Å²) < 4.78 is 25.2. The maximum atomic E-state index is 12.6. The number of fused-ring (bicyclic) bond motifs is 1. The lowest BCUT2D eigenvalue weighted by Crippen LogP contribution is -1.90. The monoisotopic (exact) mass is 203 g/mol. The summed E-state index contributed by atoms with van der Waals surface area (Å²) in [4.78, 5) is 0. The fourth-order valence-corrected chi connectivity index (χ4v) is 1.54. The molecule has 0 bridgehead atoms. The molecule has 2 aromatic rings. The van der Waals surface area contributed by atoms with Gasteiger partial charge in [0.25, 0.3) is 6.43 Å². The molecule has 2 aromatic carbocycles. The van der Waals surface area contributed by atoms with Gasteiger partial charge in [0, 0.05) is 5.56 Å². The molecule has 0 radical (unpaired) electrons. The Morgan fingerprint density at radius 3 is 2.20 bits per heavy atom. The summed E-state index contributed by atoms with van der Waals surface area (Å²) in [6.45, 7) is 0. The van der Waals surface area contributed by atoms with Crippen LogP contribution in [0.5, 0.6) is 0 Å². The minimum absolute atomic E-state index is 0.0451. The van der Waals surface area contributed by atoms with Gasteiger partial charge in [-0.25, -0.2) is 8.78 Å². The first-order chi connectivity index (χ1) is 7.22. The van der Waals surface area contributed by atoms with Gasteiger partial charge in [-0.2, -0.15) is 5.26 Å². The van der Waals surface area contributed by atoms with Crippen LogP contribution in [-0.2, 0) is 0 Å². The highest BCUT2D eigenvalue weighted by Gasteiger charge is 2.13. The third-order valence-electron chi connectivity index (χ3n) is 2.27. The molecule has 2 rings (SSSR count). The Labute approximate surface area is 85.6 Å². The number of halogens is 2. The number of alkyl halides is 2. The highest BCUT2D eigenvalue weighted by atomic mass is 19.3. The van der Waals surface area contributed by atoms with Crippen molar-refractivity contribution >= 4 is 10.8 Å². The van der Waals surface area contributed by atoms with Crippen molar-refractivity contribution in [2.75, 3.05) is 0 Å². The summed E-state index contributed by atoms with van der Waals surface area (Å²) in [7, 11) is 0. The van der Waals surface area contributed by atoms with Crippen LogP contribution >= 0.6 is 0 Å². The Morgan fingerprint density at radius 2 is 1.67 bits per heavy atom. The molecule has 0 fully saturated rings. The molecule has 0 atom stereocenters. The molecule has 0 N–H and O–H groups in total. The van der Waals surface area contributed by atoms with Crippen LogP contribution in [0.3, 0.4) is 0 Å². The molecule has 0 amide bonds. The van der Waals surface area contributed by atoms with E-state index in [0.29, 0.717) is 0 Å². The second-order valence-electron chi connectivity index (χ2n) is 3.20. The van der Waals surface area contributed by atoms with Crippen molar-refractivity contribution in [3.05, 3.63) is 47.5 Å². The van der Waals surface area contributed by atoms with E-state index in [1.807, 2.05) is 6.07 Å². The minimum atomic E-state index is -2.61. The molecule has 0 aromatic heterocycles. The number of hydrogen-bond donors (Lipinski definition) is 0. The van der Waals surface area contributed by atoms with Crippen LogP contribution in [0.15, 0.2) is 36.4 Å². The molecule has 0 aliphatic heterocycles. The van der Waals surface area contributed by atoms with E-state index < -0.39 is 6.43 Å². The Morgan fingerprint density at radius 1 is 1.07 bits per heavy atom. The molecule has 1 nitrogen and oxygen atoms in total. The van der Waals surface area contributed by atoms with Crippen LogP contribution < -0.4 is 0 Å². The zero-order valence-electron chi connectivity index (χ0n) is 7.74. The lowest BCUT2D eigenvalue weighted by molar-refractivity contribution is 0.151. The third-order valence-corrected chi connectivity index (χ3v) is 2.27. The molecule has 0 heterocycles. The Kier molecular flexibility index (Phi) is 2.34. The number of hydrogen-bond acceptors (Lipinski definition) is 1. The van der Waals surface area contributed by atoms with E-state index in [-0.39, 0.29) is 11.1 Å². The summed E-state index contributed by atoms with van der Waals surface area (Å²) in [6, 6.07) is 11.8. The predicted octanol–water partition coefficient (Wildman–Crippen LogP) is 3.65. The smallest absolute Gasteiger partial charge is 0.205 e. The lowest BCUT2D eigenvalue weighted by atomic mass is 10.0. The second-order valence-corrected chi connectivity index (χ2v) is 3.20. The van der Waals surface area contributed by atoms with Gasteiger partial charge in [0.15, 0.2) is 0 Å². The van der Waals surface area contributed by atoms with Gasteiger partial charge in [0.2, 0.25) is 0 Å². The number of benzene rings is 2. The second kappa shape index (κ2) is 3.66. The van der Waals surface area contributed by atoms with Gasteiger partial charge in [0.1, 0.15) is 0 Å². The molecule has 0 saturated heterocycles. The first kappa shape index (κ1) is 9.60. The Hall–Kier alpha value is -1.95. The highest BCUT2D eigenvalue weighted by molar-refractivity contribution is 5.84. The van der Waals surface area contributed by atoms with Crippen LogP contribution in [0.4, 0.5) is 8.78 Å². The number of nitrogens with zero attached hydrogens (tertiary/aromatic N) is 1. The van der Waals surface area contributed by atoms with Crippen molar-refractivity contribution in [2.24, 2.45) is 0 Å². The van der Waals surface area contributed by atoms with Crippen molar-refractivity contribution in [1.82, 2.24) is 0 Å². The van der Waals surface area contributed by atoms with Gasteiger partial charge in [-0.3, -0.25) is 0 Å². The van der Waals surface area contributed by atoms with Gasteiger partial charge in [-0.15, -0.1) is 0 Å². The van der Waals surface area contributed by atoms with Gasteiger partial charge < -0.3 is 0 Å². The molecule has 0 aliphatic rings. The van der Waals surface area contributed by atoms with E-state index >= 15 is 0 Å². The maximum absolute atomic E-state index is 12.6. The zero-order chi connectivity index (χ0) is 10.8. The normalized spacial score (nSPS) is 10.5. The summed E-state index contributed by atoms with van der Waals surface area (Å²) in [5, 5.41) is 10.3. The SMILES string of the molecule is N#Cc1cc2ccccc2cc1C(F)F. The molecule has 0 saturated carbocycles. The molecular formula is C12H7F2N. The molecule has 74 valence electrons. The van der Waals surface area contributed by atoms with E-state index in [9.17, 15) is 8.78 Å². The fraction of sp³-hybridized carbons (Fsp3) is 0.0833. The van der Waals surface area contributed by atoms with Gasteiger partial charge in [-0.1, -0.05) is 24.3 Å². The molecule has 0 aliphatic carbocycles. The molecule has 3 heteroatoms. The first-order valence-corrected chi connectivity index (χ1v) is 4.43. The highest BCUT2D eigenvalue weighted by Crippen LogP contribution is 2.27. The lowest BCUT2D eigenvalue weighted by Gasteiger charge is -2.04. The molecular weight excluding hydrogens is 196 g/mol. The van der Waals surface area contributed by atoms with E-state index in [2.05, 4.69) is 0 Å². The van der Waals surface area contributed by atoms with Crippen molar-refractivity contribution in [1.29, 1.82) is 5.26 Å². The zero-order valence-corrected chi connectivity index (χ0v) is 7.74. The molecule has 0 unspecified atom stereocenters. The predicted molar refractivity (Wildman–Crippen MR) is 53.6 cm³/mol. The molecule has 0 spiro atoms. The summed E-state index contributed by atoms with van der Waals surface area (Å²) >= 11 is 0. The summed E-state index contributed by atoms with van der Waals surface area (Å²) in [5.74, 6) is 0. The topological polar surface area (TPSA) is 23.8 Å². The number of nitriles is 1. The van der Waals surface area contributed by atoms with Crippen molar-refractivity contribution in [2.45, 2.75) is 6.43 Å². The van der Waals surface area contributed by atoms with Gasteiger partial charge in [-0.05, 0) is 22.9 Å². The molecule has 15 heavy (non-hydrogen) atoms.